The van der Waals surface area contributed by atoms with Gasteiger partial charge in [-0.2, -0.15) is 0 Å². The van der Waals surface area contributed by atoms with E-state index >= 15 is 0 Å². The number of hydrogen-bond donors (Lipinski definition) is 0. The van der Waals surface area contributed by atoms with Gasteiger partial charge in [0.2, 0.25) is 0 Å². The van der Waals surface area contributed by atoms with Crippen molar-refractivity contribution in [1.82, 2.24) is 0 Å². The molecule has 0 radical (unpaired) electrons. The second-order valence-corrected chi connectivity index (χ2v) is 3.55. The van der Waals surface area contributed by atoms with Gasteiger partial charge in [-0.3, -0.25) is 0 Å². The maximum absolute atomic E-state index is 8.08. The summed E-state index contributed by atoms with van der Waals surface area (Å²) in [6.45, 7) is 3.25. The molecule has 0 aliphatic heterocycles. The summed E-state index contributed by atoms with van der Waals surface area (Å²) < 4.78 is 5.50. The highest BCUT2D eigenvalue weighted by atomic mass is 16.5. The molecule has 0 fully saturated rings. The van der Waals surface area contributed by atoms with Gasteiger partial charge in [-0.1, -0.05) is 30.6 Å². The lowest BCUT2D eigenvalue weighted by Crippen LogP contribution is -1.98. The predicted molar refractivity (Wildman–Crippen MR) is 64.6 cm³/mol. The molecular weight excluding hydrogens is 202 g/mol. The van der Waals surface area contributed by atoms with E-state index in [0.29, 0.717) is 13.2 Å². The Bertz CT molecular complexity index is 342. The molecule has 0 spiro atoms. The van der Waals surface area contributed by atoms with Crippen LogP contribution in [0.4, 0.5) is 0 Å². The minimum Gasteiger partial charge on any atom is -0.494 e. The molecule has 0 atom stereocenters. The van der Waals surface area contributed by atoms with E-state index < -0.39 is 0 Å². The molecule has 0 heterocycles. The van der Waals surface area contributed by atoms with Gasteiger partial charge < -0.3 is 4.74 Å². The van der Waals surface area contributed by atoms with Crippen LogP contribution in [-0.2, 0) is 6.42 Å². The van der Waals surface area contributed by atoms with Gasteiger partial charge in [0.15, 0.2) is 0 Å². The van der Waals surface area contributed by atoms with Crippen LogP contribution < -0.4 is 4.74 Å². The molecule has 0 bridgehead atoms. The van der Waals surface area contributed by atoms with Gasteiger partial charge in [-0.15, -0.1) is 0 Å². The van der Waals surface area contributed by atoms with E-state index in [1.165, 1.54) is 5.56 Å². The van der Waals surface area contributed by atoms with Crippen molar-refractivity contribution in [2.45, 2.75) is 26.2 Å². The maximum Gasteiger partial charge on any atom is 0.119 e. The maximum atomic E-state index is 8.08. The average Bonchev–Trinajstić information content (AvgIpc) is 2.31. The van der Waals surface area contributed by atoms with Crippen LogP contribution in [0.2, 0.25) is 0 Å². The quantitative estimate of drug-likeness (QED) is 0.298. The molecule has 0 aliphatic rings. The number of azide groups is 1. The topological polar surface area (TPSA) is 58.0 Å². The van der Waals surface area contributed by atoms with Gasteiger partial charge in [0.25, 0.3) is 0 Å². The zero-order valence-corrected chi connectivity index (χ0v) is 9.59. The molecule has 0 amide bonds. The molecule has 86 valence electrons. The highest BCUT2D eigenvalue weighted by Crippen LogP contribution is 2.13. The van der Waals surface area contributed by atoms with E-state index in [2.05, 4.69) is 29.1 Å². The molecular formula is C12H17N3O. The molecule has 0 aromatic heterocycles. The van der Waals surface area contributed by atoms with Crippen LogP contribution in [0, 0.1) is 0 Å². The number of nitrogens with zero attached hydrogens (tertiary/aromatic N) is 3. The molecule has 0 saturated heterocycles. The van der Waals surface area contributed by atoms with Crippen LogP contribution in [0.1, 0.15) is 25.3 Å². The Labute approximate surface area is 95.9 Å². The van der Waals surface area contributed by atoms with E-state index in [9.17, 15) is 0 Å². The van der Waals surface area contributed by atoms with Crippen LogP contribution in [0.3, 0.4) is 0 Å². The third-order valence-corrected chi connectivity index (χ3v) is 2.20. The van der Waals surface area contributed by atoms with E-state index in [4.69, 9.17) is 10.3 Å². The Morgan fingerprint density at radius 2 is 2.06 bits per heavy atom. The molecule has 0 N–H and O–H groups in total. The Balaban J connectivity index is 2.28. The van der Waals surface area contributed by atoms with Gasteiger partial charge in [0, 0.05) is 11.5 Å². The first-order valence-electron chi connectivity index (χ1n) is 5.59. The Kier molecular flexibility index (Phi) is 5.89. The summed E-state index contributed by atoms with van der Waals surface area (Å²) in [6.07, 6.45) is 3.02. The molecule has 1 aromatic rings. The highest BCUT2D eigenvalue weighted by molar-refractivity contribution is 5.27. The van der Waals surface area contributed by atoms with E-state index in [-0.39, 0.29) is 0 Å². The molecule has 0 aliphatic carbocycles. The van der Waals surface area contributed by atoms with Gasteiger partial charge in [-0.05, 0) is 36.1 Å². The van der Waals surface area contributed by atoms with Crippen LogP contribution in [0.25, 0.3) is 10.4 Å². The van der Waals surface area contributed by atoms with Gasteiger partial charge in [-0.25, -0.2) is 0 Å². The molecule has 0 saturated carbocycles. The summed E-state index contributed by atoms with van der Waals surface area (Å²) in [5.41, 5.74) is 9.42. The summed E-state index contributed by atoms with van der Waals surface area (Å²) in [5.74, 6) is 0.876. The molecule has 4 nitrogen and oxygen atoms in total. The Hall–Kier alpha value is -1.67. The lowest BCUT2D eigenvalue weighted by atomic mass is 10.1. The highest BCUT2D eigenvalue weighted by Gasteiger charge is 1.94. The number of rotatable bonds is 7. The van der Waals surface area contributed by atoms with E-state index in [0.717, 1.165) is 25.0 Å². The van der Waals surface area contributed by atoms with Gasteiger partial charge >= 0.3 is 0 Å². The standard InChI is InChI=1S/C12H17N3O/c1-2-4-11-5-7-12(8-6-11)16-10-3-9-14-15-13/h5-8H,2-4,9-10H2,1H3. The number of hydrogen-bond acceptors (Lipinski definition) is 2. The fourth-order valence-corrected chi connectivity index (χ4v) is 1.41. The number of benzene rings is 1. The van der Waals surface area contributed by atoms with Crippen molar-refractivity contribution in [2.75, 3.05) is 13.2 Å². The Morgan fingerprint density at radius 1 is 1.31 bits per heavy atom. The third-order valence-electron chi connectivity index (χ3n) is 2.20. The van der Waals surface area contributed by atoms with Crippen molar-refractivity contribution in [3.05, 3.63) is 40.3 Å². The van der Waals surface area contributed by atoms with Crippen molar-refractivity contribution in [3.63, 3.8) is 0 Å². The van der Waals surface area contributed by atoms with Crippen LogP contribution >= 0.6 is 0 Å². The van der Waals surface area contributed by atoms with Crippen molar-refractivity contribution in [1.29, 1.82) is 0 Å². The lowest BCUT2D eigenvalue weighted by molar-refractivity contribution is 0.313. The first-order chi connectivity index (χ1) is 7.86. The van der Waals surface area contributed by atoms with Crippen LogP contribution in [-0.4, -0.2) is 13.2 Å². The first kappa shape index (κ1) is 12.4. The SMILES string of the molecule is CCCc1ccc(OCCCN=[N+]=[N-])cc1. The molecule has 16 heavy (non-hydrogen) atoms. The normalized spacial score (nSPS) is 9.56. The summed E-state index contributed by atoms with van der Waals surface area (Å²) in [7, 11) is 0. The van der Waals surface area contributed by atoms with Crippen molar-refractivity contribution < 1.29 is 4.74 Å². The summed E-state index contributed by atoms with van der Waals surface area (Å²) in [6, 6.07) is 8.15. The molecule has 0 unspecified atom stereocenters. The zero-order valence-electron chi connectivity index (χ0n) is 9.59. The fourth-order valence-electron chi connectivity index (χ4n) is 1.41. The first-order valence-corrected chi connectivity index (χ1v) is 5.59. The molecule has 1 aromatic carbocycles. The second-order valence-electron chi connectivity index (χ2n) is 3.55. The van der Waals surface area contributed by atoms with Crippen LogP contribution in [0.15, 0.2) is 29.4 Å². The van der Waals surface area contributed by atoms with Crippen molar-refractivity contribution in [2.24, 2.45) is 5.11 Å². The van der Waals surface area contributed by atoms with Crippen molar-refractivity contribution in [3.8, 4) is 5.75 Å². The number of aryl methyl sites for hydroxylation is 1. The third kappa shape index (κ3) is 4.71. The fraction of sp³-hybridized carbons (Fsp3) is 0.500. The lowest BCUT2D eigenvalue weighted by Gasteiger charge is -2.05. The number of ether oxygens (including phenoxy) is 1. The summed E-state index contributed by atoms with van der Waals surface area (Å²) >= 11 is 0. The summed E-state index contributed by atoms with van der Waals surface area (Å²) in [5, 5.41) is 3.44. The monoisotopic (exact) mass is 219 g/mol. The largest absolute Gasteiger partial charge is 0.494 e. The Morgan fingerprint density at radius 3 is 2.69 bits per heavy atom. The average molecular weight is 219 g/mol. The molecule has 4 heteroatoms. The molecule has 1 rings (SSSR count). The minimum atomic E-state index is 0.490. The van der Waals surface area contributed by atoms with Crippen LogP contribution in [0.5, 0.6) is 5.75 Å². The smallest absolute Gasteiger partial charge is 0.119 e. The van der Waals surface area contributed by atoms with E-state index in [1.54, 1.807) is 0 Å². The van der Waals surface area contributed by atoms with Crippen molar-refractivity contribution >= 4 is 0 Å². The van der Waals surface area contributed by atoms with E-state index in [1.807, 2.05) is 12.1 Å². The predicted octanol–water partition coefficient (Wildman–Crippen LogP) is 3.72. The van der Waals surface area contributed by atoms with Gasteiger partial charge in [0.05, 0.1) is 6.61 Å². The minimum absolute atomic E-state index is 0.490. The summed E-state index contributed by atoms with van der Waals surface area (Å²) in [4.78, 5) is 2.68. The zero-order chi connectivity index (χ0) is 11.6. The second kappa shape index (κ2) is 7.60. The van der Waals surface area contributed by atoms with Gasteiger partial charge in [0.1, 0.15) is 5.75 Å².